The highest BCUT2D eigenvalue weighted by atomic mass is 16.1. The van der Waals surface area contributed by atoms with E-state index in [1.807, 2.05) is 24.4 Å². The highest BCUT2D eigenvalue weighted by Gasteiger charge is 2.29. The summed E-state index contributed by atoms with van der Waals surface area (Å²) >= 11 is 0. The lowest BCUT2D eigenvalue weighted by molar-refractivity contribution is -0.108. The normalized spacial score (nSPS) is 17.1. The molecule has 2 heterocycles. The van der Waals surface area contributed by atoms with Gasteiger partial charge in [0.05, 0.1) is 5.69 Å². The van der Waals surface area contributed by atoms with Crippen LogP contribution in [0.3, 0.4) is 0 Å². The van der Waals surface area contributed by atoms with Crippen LogP contribution in [0.1, 0.15) is 6.92 Å². The van der Waals surface area contributed by atoms with Crippen LogP contribution in [-0.2, 0) is 4.79 Å². The zero-order valence-electron chi connectivity index (χ0n) is 15.5. The predicted octanol–water partition coefficient (Wildman–Crippen LogP) is 3.56. The van der Waals surface area contributed by atoms with E-state index >= 15 is 0 Å². The molecule has 27 heavy (non-hydrogen) atoms. The first-order chi connectivity index (χ1) is 13.3. The molecule has 138 valence electrons. The Hall–Kier alpha value is -3.08. The van der Waals surface area contributed by atoms with E-state index in [-0.39, 0.29) is 6.04 Å². The molecule has 3 aromatic rings. The van der Waals surface area contributed by atoms with Crippen molar-refractivity contribution in [3.8, 4) is 0 Å². The third-order valence-electron chi connectivity index (χ3n) is 5.11. The third-order valence-corrected chi connectivity index (χ3v) is 5.11. The Bertz CT molecular complexity index is 937. The largest absolute Gasteiger partial charge is 0.382 e. The van der Waals surface area contributed by atoms with E-state index in [2.05, 4.69) is 63.4 Å². The fraction of sp³-hybridized carbons (Fsp3) is 0.273. The quantitative estimate of drug-likeness (QED) is 0.705. The molecule has 1 unspecified atom stereocenters. The van der Waals surface area contributed by atoms with Crippen molar-refractivity contribution in [2.75, 3.05) is 41.3 Å². The second-order valence-corrected chi connectivity index (χ2v) is 6.75. The Morgan fingerprint density at radius 2 is 1.96 bits per heavy atom. The van der Waals surface area contributed by atoms with E-state index in [9.17, 15) is 4.79 Å². The molecule has 1 fully saturated rings. The Morgan fingerprint density at radius 1 is 1.11 bits per heavy atom. The molecule has 1 aromatic heterocycles. The van der Waals surface area contributed by atoms with Gasteiger partial charge in [0.1, 0.15) is 12.3 Å². The van der Waals surface area contributed by atoms with Crippen molar-refractivity contribution < 1.29 is 4.79 Å². The molecule has 0 radical (unpaired) electrons. The first kappa shape index (κ1) is 17.3. The predicted molar refractivity (Wildman–Crippen MR) is 112 cm³/mol. The molecular weight excluding hydrogens is 336 g/mol. The van der Waals surface area contributed by atoms with Gasteiger partial charge in [-0.3, -0.25) is 0 Å². The molecule has 0 aliphatic carbocycles. The summed E-state index contributed by atoms with van der Waals surface area (Å²) in [4.78, 5) is 21.0. The van der Waals surface area contributed by atoms with Gasteiger partial charge in [-0.2, -0.15) is 0 Å². The van der Waals surface area contributed by atoms with Crippen molar-refractivity contribution in [3.63, 3.8) is 0 Å². The van der Waals surface area contributed by atoms with E-state index in [0.29, 0.717) is 6.54 Å². The minimum absolute atomic E-state index is 0.207. The highest BCUT2D eigenvalue weighted by Crippen LogP contribution is 2.31. The van der Waals surface area contributed by atoms with Crippen LogP contribution in [0.25, 0.3) is 10.8 Å². The van der Waals surface area contributed by atoms with Crippen LogP contribution in [-0.4, -0.2) is 43.5 Å². The summed E-state index contributed by atoms with van der Waals surface area (Å²) in [7, 11) is 0. The minimum atomic E-state index is -0.207. The van der Waals surface area contributed by atoms with Gasteiger partial charge in [-0.15, -0.1) is 0 Å². The number of rotatable bonds is 5. The number of nitrogens with one attached hydrogen (secondary N) is 1. The number of nitrogens with zero attached hydrogens (tertiary/aromatic N) is 3. The lowest BCUT2D eigenvalue weighted by Gasteiger charge is -2.41. The van der Waals surface area contributed by atoms with Crippen LogP contribution in [0, 0.1) is 0 Å². The van der Waals surface area contributed by atoms with Crippen LogP contribution in [0.15, 0.2) is 60.8 Å². The summed E-state index contributed by atoms with van der Waals surface area (Å²) in [5.41, 5.74) is 2.14. The molecule has 1 aliphatic heterocycles. The molecule has 0 spiro atoms. The van der Waals surface area contributed by atoms with Gasteiger partial charge in [0.25, 0.3) is 0 Å². The summed E-state index contributed by atoms with van der Waals surface area (Å²) < 4.78 is 0. The van der Waals surface area contributed by atoms with Gasteiger partial charge in [-0.05, 0) is 30.5 Å². The van der Waals surface area contributed by atoms with E-state index in [1.54, 1.807) is 0 Å². The lowest BCUT2D eigenvalue weighted by Crippen LogP contribution is -2.54. The number of fused-ring (bicyclic) bond motifs is 1. The smallest absolute Gasteiger partial charge is 0.152 e. The zero-order chi connectivity index (χ0) is 18.6. The maximum absolute atomic E-state index is 12.0. The topological polar surface area (TPSA) is 48.5 Å². The summed E-state index contributed by atoms with van der Waals surface area (Å²) in [5, 5.41) is 5.75. The molecule has 1 atom stereocenters. The lowest BCUT2D eigenvalue weighted by atomic mass is 10.1. The molecule has 1 aliphatic rings. The number of hydrogen-bond acceptors (Lipinski definition) is 5. The number of carbonyl (C=O) groups excluding carboxylic acids is 1. The van der Waals surface area contributed by atoms with Gasteiger partial charge in [-0.1, -0.05) is 36.4 Å². The minimum Gasteiger partial charge on any atom is -0.382 e. The molecule has 0 saturated carbocycles. The number of aldehydes is 1. The van der Waals surface area contributed by atoms with Gasteiger partial charge < -0.3 is 19.9 Å². The number of piperazine rings is 1. The van der Waals surface area contributed by atoms with Crippen molar-refractivity contribution >= 4 is 34.3 Å². The van der Waals surface area contributed by atoms with Gasteiger partial charge in [0.2, 0.25) is 0 Å². The van der Waals surface area contributed by atoms with Gasteiger partial charge in [-0.25, -0.2) is 4.98 Å². The summed E-state index contributed by atoms with van der Waals surface area (Å²) in [6.07, 6.45) is 2.87. The Balaban J connectivity index is 1.64. The van der Waals surface area contributed by atoms with Gasteiger partial charge in [0, 0.05) is 43.4 Å². The van der Waals surface area contributed by atoms with Crippen molar-refractivity contribution in [2.45, 2.75) is 13.0 Å². The first-order valence-electron chi connectivity index (χ1n) is 9.45. The summed E-state index contributed by atoms with van der Waals surface area (Å²) in [6, 6.07) is 18.4. The molecule has 1 saturated heterocycles. The van der Waals surface area contributed by atoms with Gasteiger partial charge >= 0.3 is 0 Å². The summed E-state index contributed by atoms with van der Waals surface area (Å²) in [6.45, 7) is 5.14. The average molecular weight is 360 g/mol. The number of anilines is 3. The molecule has 1 N–H and O–H groups in total. The van der Waals surface area contributed by atoms with E-state index in [0.717, 1.165) is 43.1 Å². The monoisotopic (exact) mass is 360 g/mol. The van der Waals surface area contributed by atoms with Crippen LogP contribution in [0.2, 0.25) is 0 Å². The zero-order valence-corrected chi connectivity index (χ0v) is 15.5. The number of aromatic nitrogens is 1. The first-order valence-corrected chi connectivity index (χ1v) is 9.45. The van der Waals surface area contributed by atoms with Crippen LogP contribution in [0.4, 0.5) is 17.2 Å². The van der Waals surface area contributed by atoms with Crippen LogP contribution < -0.4 is 15.1 Å². The van der Waals surface area contributed by atoms with E-state index < -0.39 is 0 Å². The maximum Gasteiger partial charge on any atom is 0.152 e. The number of benzene rings is 2. The highest BCUT2D eigenvalue weighted by molar-refractivity contribution is 5.95. The molecular formula is C22H24N4O. The number of hydrogen-bond donors (Lipinski definition) is 1. The molecule has 2 aromatic carbocycles. The molecule has 0 amide bonds. The van der Waals surface area contributed by atoms with Crippen molar-refractivity contribution in [1.29, 1.82) is 0 Å². The maximum atomic E-state index is 12.0. The van der Waals surface area contributed by atoms with Crippen molar-refractivity contribution in [2.24, 2.45) is 0 Å². The standard InChI is InChI=1S/C22H24N4O/c1-2-23-20-10-6-12-24-22(20)25-13-14-26(18(15-25)16-27)21-11-5-8-17-7-3-4-9-19(17)21/h3-12,16,18,23H,2,13-15H2,1H3. The molecule has 0 bridgehead atoms. The number of carbonyl (C=O) groups is 1. The fourth-order valence-corrected chi connectivity index (χ4v) is 3.85. The molecule has 4 rings (SSSR count). The number of pyridine rings is 1. The third kappa shape index (κ3) is 3.33. The second kappa shape index (κ2) is 7.66. The second-order valence-electron chi connectivity index (χ2n) is 6.75. The molecule has 5 heteroatoms. The Kier molecular flexibility index (Phi) is 4.92. The Morgan fingerprint density at radius 3 is 2.81 bits per heavy atom. The molecule has 5 nitrogen and oxygen atoms in total. The average Bonchev–Trinajstić information content (AvgIpc) is 2.73. The summed E-state index contributed by atoms with van der Waals surface area (Å²) in [5.74, 6) is 0.920. The van der Waals surface area contributed by atoms with Crippen molar-refractivity contribution in [1.82, 2.24) is 4.98 Å². The fourth-order valence-electron chi connectivity index (χ4n) is 3.85. The van der Waals surface area contributed by atoms with E-state index in [4.69, 9.17) is 0 Å². The SMILES string of the molecule is CCNc1cccnc1N1CCN(c2cccc3ccccc23)C(C=O)C1. The van der Waals surface area contributed by atoms with Crippen molar-refractivity contribution in [3.05, 3.63) is 60.8 Å². The Labute approximate surface area is 159 Å². The van der Waals surface area contributed by atoms with Crippen LogP contribution >= 0.6 is 0 Å². The van der Waals surface area contributed by atoms with Gasteiger partial charge in [0.15, 0.2) is 5.82 Å². The van der Waals surface area contributed by atoms with E-state index in [1.165, 1.54) is 10.8 Å². The van der Waals surface area contributed by atoms with Crippen LogP contribution in [0.5, 0.6) is 0 Å².